The lowest BCUT2D eigenvalue weighted by molar-refractivity contribution is -0.114. The van der Waals surface area contributed by atoms with Gasteiger partial charge in [-0.15, -0.1) is 0 Å². The van der Waals surface area contributed by atoms with E-state index in [1.807, 2.05) is 30.4 Å². The van der Waals surface area contributed by atoms with Crippen molar-refractivity contribution in [1.82, 2.24) is 0 Å². The monoisotopic (exact) mass is 571 g/mol. The molecule has 0 fully saturated rings. The second kappa shape index (κ2) is 15.3. The van der Waals surface area contributed by atoms with E-state index in [0.29, 0.717) is 38.2 Å². The lowest BCUT2D eigenvalue weighted by Gasteiger charge is -2.14. The Morgan fingerprint density at radius 3 is 2.69 bits per heavy atom. The number of hydrogen-bond donors (Lipinski definition) is 4. The number of unbranched alkanes of at least 4 members (excludes halogenated alkanes) is 3. The van der Waals surface area contributed by atoms with Gasteiger partial charge >= 0.3 is 0 Å². The number of carbonyl (C=O) groups excluding carboxylic acids is 1. The number of carbonyl (C=O) groups is 1. The summed E-state index contributed by atoms with van der Waals surface area (Å²) in [5.74, 6) is 0.620. The maximum atomic E-state index is 12.3. The number of phenols is 2. The number of aliphatic hydroxyl groups is 2. The van der Waals surface area contributed by atoms with Crippen LogP contribution in [0.25, 0.3) is 17.2 Å². The average Bonchev–Trinajstić information content (AvgIpc) is 3.46. The molecule has 0 amide bonds. The highest BCUT2D eigenvalue weighted by atomic mass is 16.5. The highest BCUT2D eigenvalue weighted by Gasteiger charge is 2.12. The van der Waals surface area contributed by atoms with E-state index < -0.39 is 0 Å². The van der Waals surface area contributed by atoms with Crippen LogP contribution in [0.15, 0.2) is 65.7 Å². The molecule has 0 spiro atoms. The molecule has 0 aliphatic carbocycles. The van der Waals surface area contributed by atoms with Crippen LogP contribution in [0.2, 0.25) is 0 Å². The van der Waals surface area contributed by atoms with Crippen molar-refractivity contribution in [1.29, 1.82) is 0 Å². The number of phenolic OH excluding ortho intramolecular Hbond substituents is 2. The number of allylic oxidation sites excluding steroid dienone is 2. The summed E-state index contributed by atoms with van der Waals surface area (Å²) in [7, 11) is 0. The van der Waals surface area contributed by atoms with Crippen LogP contribution in [-0.2, 0) is 24.2 Å². The second-order valence-electron chi connectivity index (χ2n) is 10.9. The van der Waals surface area contributed by atoms with E-state index in [0.717, 1.165) is 70.5 Å². The maximum absolute atomic E-state index is 12.3. The van der Waals surface area contributed by atoms with E-state index in [-0.39, 0.29) is 30.0 Å². The quantitative estimate of drug-likeness (QED) is 0.146. The summed E-state index contributed by atoms with van der Waals surface area (Å²) in [6.07, 6.45) is 11.5. The fourth-order valence-electron chi connectivity index (χ4n) is 5.17. The summed E-state index contributed by atoms with van der Waals surface area (Å²) in [5.41, 5.74) is 4.35. The van der Waals surface area contributed by atoms with Gasteiger partial charge in [-0.1, -0.05) is 37.1 Å². The minimum Gasteiger partial charge on any atom is -0.508 e. The molecule has 0 aromatic heterocycles. The van der Waals surface area contributed by atoms with E-state index in [9.17, 15) is 25.2 Å². The number of hydrogen-bond acceptors (Lipinski definition) is 7. The molecule has 0 saturated carbocycles. The fourth-order valence-corrected chi connectivity index (χ4v) is 5.17. The number of fused-ring (bicyclic) bond motifs is 1. The third kappa shape index (κ3) is 8.78. The van der Waals surface area contributed by atoms with Gasteiger partial charge in [0.2, 0.25) is 0 Å². The predicted octanol–water partition coefficient (Wildman–Crippen LogP) is 4.68. The SMILES string of the molecule is CC(O)CCCCCC=CC(=O)CCc1ccc(O)c(OCCc2ccc(O)cc2-c2cc(CO)c3c(c2)=CCN=3)c1. The fraction of sp³-hybridized carbons (Fsp3) is 0.371. The maximum Gasteiger partial charge on any atom is 0.161 e. The first-order valence-corrected chi connectivity index (χ1v) is 14.8. The largest absolute Gasteiger partial charge is 0.508 e. The number of nitrogens with zero attached hydrogens (tertiary/aromatic N) is 1. The first-order chi connectivity index (χ1) is 20.3. The Morgan fingerprint density at radius 1 is 1.02 bits per heavy atom. The summed E-state index contributed by atoms with van der Waals surface area (Å²) in [6.45, 7) is 2.57. The second-order valence-corrected chi connectivity index (χ2v) is 10.9. The molecule has 4 N–H and O–H groups in total. The molecule has 1 unspecified atom stereocenters. The van der Waals surface area contributed by atoms with Gasteiger partial charge in [0, 0.05) is 18.4 Å². The Hall–Kier alpha value is -3.94. The zero-order valence-corrected chi connectivity index (χ0v) is 24.3. The normalized spacial score (nSPS) is 13.0. The molecule has 3 aromatic carbocycles. The standard InChI is InChI=1S/C35H41NO6/c1-24(38)7-5-3-2-4-6-8-30(39)12-9-25-10-14-33(41)34(19-25)42-18-16-26-11-13-31(40)22-32(26)28-20-27-15-17-36-35(27)29(21-28)23-37/h6,8,10-11,13-15,19-22,24,37-38,40-41H,2-5,7,9,12,16-18,23H2,1H3. The number of aliphatic hydroxyl groups excluding tert-OH is 2. The zero-order valence-electron chi connectivity index (χ0n) is 24.3. The van der Waals surface area contributed by atoms with Crippen LogP contribution in [0.3, 0.4) is 0 Å². The molecule has 1 atom stereocenters. The van der Waals surface area contributed by atoms with Crippen molar-refractivity contribution in [3.05, 3.63) is 87.9 Å². The van der Waals surface area contributed by atoms with Crippen LogP contribution < -0.4 is 15.3 Å². The van der Waals surface area contributed by atoms with Gasteiger partial charge in [0.15, 0.2) is 17.3 Å². The first-order valence-electron chi connectivity index (χ1n) is 14.8. The van der Waals surface area contributed by atoms with Crippen molar-refractivity contribution >= 4 is 11.9 Å². The molecule has 1 aliphatic rings. The predicted molar refractivity (Wildman–Crippen MR) is 164 cm³/mol. The Morgan fingerprint density at radius 2 is 1.88 bits per heavy atom. The van der Waals surface area contributed by atoms with E-state index in [1.54, 1.807) is 43.3 Å². The van der Waals surface area contributed by atoms with E-state index in [1.165, 1.54) is 0 Å². The van der Waals surface area contributed by atoms with Gasteiger partial charge in [-0.25, -0.2) is 0 Å². The van der Waals surface area contributed by atoms with Crippen molar-refractivity contribution in [2.45, 2.75) is 71.0 Å². The number of ketones is 1. The summed E-state index contributed by atoms with van der Waals surface area (Å²) in [5, 5.41) is 41.6. The van der Waals surface area contributed by atoms with E-state index in [4.69, 9.17) is 4.74 Å². The molecular weight excluding hydrogens is 530 g/mol. The summed E-state index contributed by atoms with van der Waals surface area (Å²) in [6, 6.07) is 14.3. The van der Waals surface area contributed by atoms with Crippen molar-refractivity contribution in [2.24, 2.45) is 4.99 Å². The highest BCUT2D eigenvalue weighted by molar-refractivity contribution is 5.89. The van der Waals surface area contributed by atoms with Crippen LogP contribution in [0, 0.1) is 0 Å². The van der Waals surface area contributed by atoms with Crippen LogP contribution in [-0.4, -0.2) is 45.5 Å². The number of aryl methyl sites for hydroxylation is 1. The Bertz CT molecular complexity index is 1530. The van der Waals surface area contributed by atoms with Gasteiger partial charge in [-0.05, 0) is 103 Å². The molecule has 42 heavy (non-hydrogen) atoms. The molecule has 1 aliphatic heterocycles. The number of aromatic hydroxyl groups is 2. The van der Waals surface area contributed by atoms with Gasteiger partial charge < -0.3 is 25.2 Å². The van der Waals surface area contributed by atoms with Gasteiger partial charge in [0.05, 0.1) is 31.2 Å². The van der Waals surface area contributed by atoms with E-state index >= 15 is 0 Å². The highest BCUT2D eigenvalue weighted by Crippen LogP contribution is 2.30. The molecule has 0 radical (unpaired) electrons. The van der Waals surface area contributed by atoms with Crippen LogP contribution >= 0.6 is 0 Å². The molecular formula is C35H41NO6. The van der Waals surface area contributed by atoms with Crippen LogP contribution in [0.1, 0.15) is 62.1 Å². The number of rotatable bonds is 16. The molecule has 3 aromatic rings. The molecule has 222 valence electrons. The molecule has 4 rings (SSSR count). The van der Waals surface area contributed by atoms with Gasteiger partial charge in [0.25, 0.3) is 0 Å². The van der Waals surface area contributed by atoms with Crippen molar-refractivity contribution in [2.75, 3.05) is 13.2 Å². The number of benzene rings is 3. The summed E-state index contributed by atoms with van der Waals surface area (Å²) >= 11 is 0. The van der Waals surface area contributed by atoms with E-state index in [2.05, 4.69) is 4.99 Å². The minimum atomic E-state index is -0.252. The molecule has 7 heteroatoms. The van der Waals surface area contributed by atoms with Crippen LogP contribution in [0.5, 0.6) is 17.2 Å². The lowest BCUT2D eigenvalue weighted by atomic mass is 9.95. The molecule has 7 nitrogen and oxygen atoms in total. The number of ether oxygens (including phenoxy) is 1. The Balaban J connectivity index is 1.33. The van der Waals surface area contributed by atoms with Crippen molar-refractivity contribution in [3.63, 3.8) is 0 Å². The first kappa shape index (κ1) is 31.0. The Kier molecular flexibility index (Phi) is 11.3. The minimum absolute atomic E-state index is 0.0389. The molecule has 0 saturated heterocycles. The van der Waals surface area contributed by atoms with Gasteiger partial charge in [-0.2, -0.15) is 0 Å². The molecule has 1 heterocycles. The van der Waals surface area contributed by atoms with Gasteiger partial charge in [0.1, 0.15) is 5.75 Å². The Labute approximate surface area is 247 Å². The smallest absolute Gasteiger partial charge is 0.161 e. The third-order valence-corrected chi connectivity index (χ3v) is 7.46. The van der Waals surface area contributed by atoms with Crippen LogP contribution in [0.4, 0.5) is 0 Å². The summed E-state index contributed by atoms with van der Waals surface area (Å²) < 4.78 is 5.97. The third-order valence-electron chi connectivity index (χ3n) is 7.46. The molecule has 0 bridgehead atoms. The van der Waals surface area contributed by atoms with Gasteiger partial charge in [-0.3, -0.25) is 9.79 Å². The average molecular weight is 572 g/mol. The van der Waals surface area contributed by atoms with Crippen molar-refractivity contribution < 1.29 is 30.0 Å². The lowest BCUT2D eigenvalue weighted by Crippen LogP contribution is -2.26. The van der Waals surface area contributed by atoms with Crippen molar-refractivity contribution in [3.8, 4) is 28.4 Å². The zero-order chi connectivity index (χ0) is 29.9. The topological polar surface area (TPSA) is 120 Å². The summed E-state index contributed by atoms with van der Waals surface area (Å²) in [4.78, 5) is 16.8.